The second-order valence-corrected chi connectivity index (χ2v) is 11.4. The zero-order chi connectivity index (χ0) is 28.9. The van der Waals surface area contributed by atoms with E-state index in [0.717, 1.165) is 10.5 Å². The third-order valence-corrected chi connectivity index (χ3v) is 8.33. The molecule has 9 heteroatoms. The summed E-state index contributed by atoms with van der Waals surface area (Å²) in [4.78, 5) is 27.7. The number of fused-ring (bicyclic) bond motifs is 1. The first kappa shape index (κ1) is 28.5. The van der Waals surface area contributed by atoms with Gasteiger partial charge in [-0.1, -0.05) is 90.1 Å². The second kappa shape index (κ2) is 13.1. The summed E-state index contributed by atoms with van der Waals surface area (Å²) in [7, 11) is 0. The van der Waals surface area contributed by atoms with Gasteiger partial charge in [-0.25, -0.2) is 9.59 Å². The molecule has 2 fully saturated rings. The fourth-order valence-electron chi connectivity index (χ4n) is 4.86. The lowest BCUT2D eigenvalue weighted by Gasteiger charge is -2.48. The molecular weight excluding hydrogens is 576 g/mol. The fraction of sp³-hybridized carbons (Fsp3) is 0.212. The van der Waals surface area contributed by atoms with E-state index >= 15 is 0 Å². The second-order valence-electron chi connectivity index (χ2n) is 9.76. The number of halogens is 1. The van der Waals surface area contributed by atoms with Gasteiger partial charge in [0.05, 0.1) is 17.7 Å². The molecule has 4 aromatic carbocycles. The van der Waals surface area contributed by atoms with E-state index in [9.17, 15) is 9.59 Å². The molecule has 0 bridgehead atoms. The van der Waals surface area contributed by atoms with Crippen LogP contribution >= 0.6 is 23.4 Å². The number of esters is 2. The molecule has 6 atom stereocenters. The summed E-state index contributed by atoms with van der Waals surface area (Å²) in [5.74, 6) is -1.14. The van der Waals surface area contributed by atoms with Crippen molar-refractivity contribution < 1.29 is 33.3 Å². The van der Waals surface area contributed by atoms with Crippen molar-refractivity contribution >= 4 is 35.3 Å². The summed E-state index contributed by atoms with van der Waals surface area (Å²) >= 11 is 7.45. The highest BCUT2D eigenvalue weighted by molar-refractivity contribution is 7.99. The van der Waals surface area contributed by atoms with Gasteiger partial charge in [0.25, 0.3) is 0 Å². The predicted molar refractivity (Wildman–Crippen MR) is 157 cm³/mol. The van der Waals surface area contributed by atoms with E-state index in [-0.39, 0.29) is 6.61 Å². The molecule has 0 unspecified atom stereocenters. The zero-order valence-electron chi connectivity index (χ0n) is 22.3. The van der Waals surface area contributed by atoms with Gasteiger partial charge in [0.15, 0.2) is 18.5 Å². The largest absolute Gasteiger partial charge is 0.452 e. The van der Waals surface area contributed by atoms with Crippen LogP contribution in [0, 0.1) is 0 Å². The Labute approximate surface area is 252 Å². The number of hydrogen-bond acceptors (Lipinski definition) is 8. The lowest BCUT2D eigenvalue weighted by molar-refractivity contribution is -0.317. The fourth-order valence-corrected chi connectivity index (χ4v) is 6.09. The molecule has 6 rings (SSSR count). The minimum Gasteiger partial charge on any atom is -0.452 e. The monoisotopic (exact) mass is 602 g/mol. The molecule has 0 radical (unpaired) electrons. The highest BCUT2D eigenvalue weighted by Gasteiger charge is 2.54. The third-order valence-electron chi connectivity index (χ3n) is 6.93. The van der Waals surface area contributed by atoms with Gasteiger partial charge in [0.2, 0.25) is 0 Å². The van der Waals surface area contributed by atoms with Crippen LogP contribution in [0.1, 0.15) is 32.6 Å². The Morgan fingerprint density at radius 3 is 1.83 bits per heavy atom. The summed E-state index contributed by atoms with van der Waals surface area (Å²) in [6, 6.07) is 34.0. The first-order valence-electron chi connectivity index (χ1n) is 13.5. The smallest absolute Gasteiger partial charge is 0.338 e. The van der Waals surface area contributed by atoms with Crippen LogP contribution in [-0.4, -0.2) is 48.4 Å². The number of rotatable bonds is 7. The van der Waals surface area contributed by atoms with Gasteiger partial charge >= 0.3 is 11.9 Å². The lowest BCUT2D eigenvalue weighted by atomic mass is 9.98. The normalized spacial score (nSPS) is 25.2. The van der Waals surface area contributed by atoms with Crippen molar-refractivity contribution in [3.05, 3.63) is 137 Å². The molecule has 0 aromatic heterocycles. The predicted octanol–water partition coefficient (Wildman–Crippen LogP) is 6.72. The van der Waals surface area contributed by atoms with E-state index in [4.69, 9.17) is 35.3 Å². The molecule has 2 aliphatic heterocycles. The summed E-state index contributed by atoms with van der Waals surface area (Å²) in [6.45, 7) is 0.181. The Morgan fingerprint density at radius 1 is 0.690 bits per heavy atom. The molecule has 2 heterocycles. The molecule has 2 aliphatic rings. The number of thioether (sulfide) groups is 1. The maximum atomic E-state index is 13.4. The van der Waals surface area contributed by atoms with Crippen molar-refractivity contribution in [1.29, 1.82) is 0 Å². The summed E-state index contributed by atoms with van der Waals surface area (Å²) < 4.78 is 31.2. The average molecular weight is 603 g/mol. The molecule has 0 amide bonds. The summed E-state index contributed by atoms with van der Waals surface area (Å²) in [5, 5.41) is 0.590. The molecule has 0 N–H and O–H groups in total. The topological polar surface area (TPSA) is 80.3 Å². The van der Waals surface area contributed by atoms with Crippen molar-refractivity contribution in [3.63, 3.8) is 0 Å². The Kier molecular flexibility index (Phi) is 8.88. The first-order valence-corrected chi connectivity index (χ1v) is 14.7. The van der Waals surface area contributed by atoms with Gasteiger partial charge < -0.3 is 23.7 Å². The number of ether oxygens (including phenoxy) is 5. The van der Waals surface area contributed by atoms with Crippen molar-refractivity contribution in [1.82, 2.24) is 0 Å². The van der Waals surface area contributed by atoms with E-state index in [0.29, 0.717) is 16.1 Å². The number of carbonyl (C=O) groups is 2. The van der Waals surface area contributed by atoms with Crippen LogP contribution in [0.25, 0.3) is 0 Å². The molecular formula is C33H27ClO7S. The molecule has 0 aliphatic carbocycles. The van der Waals surface area contributed by atoms with Gasteiger partial charge in [0.1, 0.15) is 17.6 Å². The maximum absolute atomic E-state index is 13.4. The van der Waals surface area contributed by atoms with Crippen molar-refractivity contribution in [3.8, 4) is 0 Å². The number of hydrogen-bond donors (Lipinski definition) is 0. The van der Waals surface area contributed by atoms with Gasteiger partial charge in [-0.05, 0) is 48.5 Å². The average Bonchev–Trinajstić information content (AvgIpc) is 3.04. The highest BCUT2D eigenvalue weighted by Crippen LogP contribution is 2.41. The quantitative estimate of drug-likeness (QED) is 0.216. The number of benzene rings is 4. The van der Waals surface area contributed by atoms with E-state index < -0.39 is 48.1 Å². The van der Waals surface area contributed by atoms with Crippen LogP contribution in [0.15, 0.2) is 120 Å². The Bertz CT molecular complexity index is 1490. The molecule has 0 spiro atoms. The molecule has 4 aromatic rings. The lowest BCUT2D eigenvalue weighted by Crippen LogP contribution is -2.63. The Balaban J connectivity index is 1.36. The third kappa shape index (κ3) is 6.53. The van der Waals surface area contributed by atoms with Gasteiger partial charge in [-0.3, -0.25) is 0 Å². The Hall–Kier alpha value is -3.66. The van der Waals surface area contributed by atoms with Crippen molar-refractivity contribution in [2.24, 2.45) is 0 Å². The number of carbonyl (C=O) groups excluding carboxylic acids is 2. The molecule has 7 nitrogen and oxygen atoms in total. The maximum Gasteiger partial charge on any atom is 0.338 e. The zero-order valence-corrected chi connectivity index (χ0v) is 23.9. The first-order chi connectivity index (χ1) is 20.5. The van der Waals surface area contributed by atoms with E-state index in [1.165, 1.54) is 11.8 Å². The van der Waals surface area contributed by atoms with Crippen LogP contribution in [0.5, 0.6) is 0 Å². The molecule has 42 heavy (non-hydrogen) atoms. The van der Waals surface area contributed by atoms with E-state index in [1.54, 1.807) is 60.7 Å². The standard InChI is InChI=1S/C33H27ClO7S/c34-24-16-18-25(19-17-24)42-33-29(40-31(36)22-12-6-2-7-13-22)28(39-30(35)21-10-4-1-5-11-21)27-26(38-33)20-37-32(41-27)23-14-8-3-9-15-23/h1-19,26-29,32-33H,20H2/t26-,27+,28+,29-,32+,33+/m1/s1. The summed E-state index contributed by atoms with van der Waals surface area (Å²) in [6.07, 6.45) is -4.15. The van der Waals surface area contributed by atoms with E-state index in [2.05, 4.69) is 0 Å². The van der Waals surface area contributed by atoms with Crippen LogP contribution in [-0.2, 0) is 23.7 Å². The highest BCUT2D eigenvalue weighted by atomic mass is 35.5. The molecule has 214 valence electrons. The molecule has 2 saturated heterocycles. The minimum atomic E-state index is -1.03. The SMILES string of the molecule is O=C(O[C@H]1[C@H]2O[C@@H](c3ccccc3)OC[C@H]2O[C@@H](Sc2ccc(Cl)cc2)[C@@H]1OC(=O)c1ccccc1)c1ccccc1. The van der Waals surface area contributed by atoms with Crippen molar-refractivity contribution in [2.75, 3.05) is 6.61 Å². The van der Waals surface area contributed by atoms with Crippen LogP contribution < -0.4 is 0 Å². The van der Waals surface area contributed by atoms with E-state index in [1.807, 2.05) is 54.6 Å². The van der Waals surface area contributed by atoms with Gasteiger partial charge in [0, 0.05) is 15.5 Å². The molecule has 0 saturated carbocycles. The Morgan fingerprint density at radius 2 is 1.24 bits per heavy atom. The summed E-state index contributed by atoms with van der Waals surface area (Å²) in [5.41, 5.74) is 0.772. The van der Waals surface area contributed by atoms with Crippen LogP contribution in [0.3, 0.4) is 0 Å². The van der Waals surface area contributed by atoms with Crippen LogP contribution in [0.4, 0.5) is 0 Å². The van der Waals surface area contributed by atoms with Gasteiger partial charge in [-0.2, -0.15) is 0 Å². The van der Waals surface area contributed by atoms with Crippen molar-refractivity contribution in [2.45, 2.75) is 41.0 Å². The van der Waals surface area contributed by atoms with Gasteiger partial charge in [-0.15, -0.1) is 0 Å². The van der Waals surface area contributed by atoms with Crippen LogP contribution in [0.2, 0.25) is 5.02 Å². The minimum absolute atomic E-state index is 0.181.